The molecule has 2 fully saturated rings. The number of hydrogen-bond donors (Lipinski definition) is 0. The zero-order valence-electron chi connectivity index (χ0n) is 14.9. The predicted octanol–water partition coefficient (Wildman–Crippen LogP) is 2.63. The number of piperidine rings is 1. The fourth-order valence-electron chi connectivity index (χ4n) is 3.89. The normalized spacial score (nSPS) is 20.8. The lowest BCUT2D eigenvalue weighted by molar-refractivity contribution is -0.137. The summed E-state index contributed by atoms with van der Waals surface area (Å²) in [5.74, 6) is 0.0751. The first-order valence-corrected chi connectivity index (χ1v) is 11.3. The van der Waals surface area contributed by atoms with E-state index in [2.05, 4.69) is 15.9 Å². The molecule has 0 bridgehead atoms. The van der Waals surface area contributed by atoms with Gasteiger partial charge in [0.25, 0.3) is 0 Å². The van der Waals surface area contributed by atoms with Crippen LogP contribution in [0.25, 0.3) is 0 Å². The van der Waals surface area contributed by atoms with Crippen molar-refractivity contribution in [1.29, 1.82) is 0 Å². The molecule has 0 radical (unpaired) electrons. The maximum atomic E-state index is 12.8. The fraction of sp³-hybridized carbons (Fsp3) is 0.611. The molecule has 8 heteroatoms. The van der Waals surface area contributed by atoms with E-state index in [0.717, 1.165) is 17.3 Å². The summed E-state index contributed by atoms with van der Waals surface area (Å²) in [4.78, 5) is 14.5. The first-order chi connectivity index (χ1) is 12.4. The number of sulfonamides is 1. The molecule has 0 saturated carbocycles. The Balaban J connectivity index is 1.67. The number of amides is 1. The monoisotopic (exact) mass is 444 g/mol. The lowest BCUT2D eigenvalue weighted by Gasteiger charge is -2.43. The van der Waals surface area contributed by atoms with Gasteiger partial charge in [-0.3, -0.25) is 4.79 Å². The zero-order chi connectivity index (χ0) is 18.7. The number of carbonyl (C=O) groups excluding carboxylic acids is 1. The van der Waals surface area contributed by atoms with Crippen molar-refractivity contribution in [3.05, 3.63) is 28.7 Å². The maximum absolute atomic E-state index is 12.8. The van der Waals surface area contributed by atoms with Crippen LogP contribution in [0.5, 0.6) is 0 Å². The van der Waals surface area contributed by atoms with Crippen LogP contribution in [0.3, 0.4) is 0 Å². The Morgan fingerprint density at radius 2 is 1.62 bits per heavy atom. The number of nitrogens with zero attached hydrogens (tertiary/aromatic N) is 2. The van der Waals surface area contributed by atoms with Crippen LogP contribution in [-0.4, -0.2) is 61.9 Å². The number of hydrogen-bond acceptors (Lipinski definition) is 4. The van der Waals surface area contributed by atoms with Gasteiger partial charge in [0.2, 0.25) is 15.9 Å². The van der Waals surface area contributed by atoms with Gasteiger partial charge in [0.05, 0.1) is 4.90 Å². The van der Waals surface area contributed by atoms with Crippen molar-refractivity contribution >= 4 is 31.9 Å². The van der Waals surface area contributed by atoms with E-state index in [1.807, 2.05) is 4.90 Å². The third kappa shape index (κ3) is 4.30. The van der Waals surface area contributed by atoms with Gasteiger partial charge in [-0.1, -0.05) is 15.9 Å². The number of carbonyl (C=O) groups is 1. The summed E-state index contributed by atoms with van der Waals surface area (Å²) in [5.41, 5.74) is 0. The summed E-state index contributed by atoms with van der Waals surface area (Å²) in [6.07, 6.45) is 3.06. The van der Waals surface area contributed by atoms with Gasteiger partial charge in [-0.2, -0.15) is 4.31 Å². The molecule has 0 N–H and O–H groups in total. The standard InChI is InChI=1S/C18H25BrN2O4S/c1-14(22)21(17-8-12-25-13-9-17)16-6-10-20(11-7-16)26(23,24)18-4-2-15(19)3-5-18/h2-5,16-17H,6-13H2,1H3. The van der Waals surface area contributed by atoms with Crippen LogP contribution in [0.15, 0.2) is 33.6 Å². The SMILES string of the molecule is CC(=O)N(C1CCOCC1)C1CCN(S(=O)(=O)c2ccc(Br)cc2)CC1. The van der Waals surface area contributed by atoms with Crippen molar-refractivity contribution in [3.63, 3.8) is 0 Å². The van der Waals surface area contributed by atoms with Crippen molar-refractivity contribution in [2.75, 3.05) is 26.3 Å². The van der Waals surface area contributed by atoms with Gasteiger partial charge >= 0.3 is 0 Å². The van der Waals surface area contributed by atoms with Gasteiger partial charge in [0.1, 0.15) is 0 Å². The molecule has 2 aliphatic heterocycles. The molecule has 0 aliphatic carbocycles. The number of benzene rings is 1. The van der Waals surface area contributed by atoms with E-state index < -0.39 is 10.0 Å². The highest BCUT2D eigenvalue weighted by Crippen LogP contribution is 2.27. The fourth-order valence-corrected chi connectivity index (χ4v) is 5.63. The van der Waals surface area contributed by atoms with Gasteiger partial charge in [-0.05, 0) is 49.9 Å². The second-order valence-corrected chi connectivity index (χ2v) is 9.71. The van der Waals surface area contributed by atoms with Crippen LogP contribution >= 0.6 is 15.9 Å². The molecule has 0 atom stereocenters. The van der Waals surface area contributed by atoms with E-state index in [4.69, 9.17) is 4.74 Å². The van der Waals surface area contributed by atoms with Gasteiger partial charge in [0, 0.05) is 49.8 Å². The molecule has 2 heterocycles. The first kappa shape index (κ1) is 19.8. The summed E-state index contributed by atoms with van der Waals surface area (Å²) in [6.45, 7) is 3.86. The van der Waals surface area contributed by atoms with E-state index in [9.17, 15) is 13.2 Å². The number of halogens is 1. The Kier molecular flexibility index (Phi) is 6.37. The molecule has 3 rings (SSSR count). The Bertz CT molecular complexity index is 724. The van der Waals surface area contributed by atoms with Crippen molar-refractivity contribution < 1.29 is 17.9 Å². The Labute approximate surface area is 163 Å². The quantitative estimate of drug-likeness (QED) is 0.715. The molecule has 144 valence electrons. The van der Waals surface area contributed by atoms with Crippen molar-refractivity contribution in [2.24, 2.45) is 0 Å². The van der Waals surface area contributed by atoms with Crippen LogP contribution in [0.4, 0.5) is 0 Å². The van der Waals surface area contributed by atoms with Crippen LogP contribution in [0, 0.1) is 0 Å². The van der Waals surface area contributed by atoms with E-state index >= 15 is 0 Å². The molecule has 2 aliphatic rings. The predicted molar refractivity (Wildman–Crippen MR) is 102 cm³/mol. The second-order valence-electron chi connectivity index (χ2n) is 6.86. The molecule has 2 saturated heterocycles. The average Bonchev–Trinajstić information content (AvgIpc) is 2.63. The van der Waals surface area contributed by atoms with Crippen molar-refractivity contribution in [1.82, 2.24) is 9.21 Å². The zero-order valence-corrected chi connectivity index (χ0v) is 17.3. The molecule has 1 aromatic carbocycles. The molecule has 0 aromatic heterocycles. The van der Waals surface area contributed by atoms with Crippen LogP contribution in [0.2, 0.25) is 0 Å². The third-order valence-electron chi connectivity index (χ3n) is 5.22. The summed E-state index contributed by atoms with van der Waals surface area (Å²) in [7, 11) is -3.48. The topological polar surface area (TPSA) is 66.9 Å². The molecular weight excluding hydrogens is 420 g/mol. The third-order valence-corrected chi connectivity index (χ3v) is 7.66. The molecule has 0 spiro atoms. The number of rotatable bonds is 4. The van der Waals surface area contributed by atoms with Crippen molar-refractivity contribution in [2.45, 2.75) is 49.6 Å². The van der Waals surface area contributed by atoms with Crippen LogP contribution < -0.4 is 0 Å². The average molecular weight is 445 g/mol. The van der Waals surface area contributed by atoms with Crippen LogP contribution in [-0.2, 0) is 19.6 Å². The summed E-state index contributed by atoms with van der Waals surface area (Å²) < 4.78 is 33.4. The molecule has 1 aromatic rings. The smallest absolute Gasteiger partial charge is 0.243 e. The van der Waals surface area contributed by atoms with E-state index in [1.165, 1.54) is 4.31 Å². The molecule has 6 nitrogen and oxygen atoms in total. The Morgan fingerprint density at radius 3 is 2.15 bits per heavy atom. The highest BCUT2D eigenvalue weighted by molar-refractivity contribution is 9.10. The largest absolute Gasteiger partial charge is 0.381 e. The highest BCUT2D eigenvalue weighted by Gasteiger charge is 2.35. The van der Waals surface area contributed by atoms with E-state index in [1.54, 1.807) is 31.2 Å². The maximum Gasteiger partial charge on any atom is 0.243 e. The molecule has 0 unspecified atom stereocenters. The van der Waals surface area contributed by atoms with E-state index in [0.29, 0.717) is 44.0 Å². The Hall–Kier alpha value is -0.960. The summed E-state index contributed by atoms with van der Waals surface area (Å²) in [6, 6.07) is 7.03. The lowest BCUT2D eigenvalue weighted by atomic mass is 9.99. The minimum atomic E-state index is -3.48. The lowest BCUT2D eigenvalue weighted by Crippen LogP contribution is -2.53. The van der Waals surface area contributed by atoms with Gasteiger partial charge in [-0.25, -0.2) is 8.42 Å². The highest BCUT2D eigenvalue weighted by atomic mass is 79.9. The van der Waals surface area contributed by atoms with Gasteiger partial charge < -0.3 is 9.64 Å². The number of ether oxygens (including phenoxy) is 1. The molecule has 1 amide bonds. The summed E-state index contributed by atoms with van der Waals surface area (Å²) >= 11 is 3.33. The van der Waals surface area contributed by atoms with Crippen molar-refractivity contribution in [3.8, 4) is 0 Å². The minimum Gasteiger partial charge on any atom is -0.381 e. The summed E-state index contributed by atoms with van der Waals surface area (Å²) in [5, 5.41) is 0. The van der Waals surface area contributed by atoms with Crippen LogP contribution in [0.1, 0.15) is 32.6 Å². The minimum absolute atomic E-state index is 0.0751. The molecule has 26 heavy (non-hydrogen) atoms. The first-order valence-electron chi connectivity index (χ1n) is 9.02. The Morgan fingerprint density at radius 1 is 1.08 bits per heavy atom. The van der Waals surface area contributed by atoms with Gasteiger partial charge in [-0.15, -0.1) is 0 Å². The second kappa shape index (κ2) is 8.37. The van der Waals surface area contributed by atoms with Gasteiger partial charge in [0.15, 0.2) is 0 Å². The van der Waals surface area contributed by atoms with E-state index in [-0.39, 0.29) is 18.0 Å². The molecular formula is C18H25BrN2O4S.